The molecule has 0 spiro atoms. The van der Waals surface area contributed by atoms with Crippen LogP contribution in [0.25, 0.3) is 0 Å². The molecule has 4 heteroatoms. The van der Waals surface area contributed by atoms with Crippen LogP contribution in [0.5, 0.6) is 0 Å². The topological polar surface area (TPSA) is 58.2 Å². The molecule has 1 aliphatic rings. The Morgan fingerprint density at radius 2 is 1.70 bits per heavy atom. The van der Waals surface area contributed by atoms with Gasteiger partial charge in [-0.2, -0.15) is 0 Å². The van der Waals surface area contributed by atoms with Crippen LogP contribution in [0.2, 0.25) is 0 Å². The van der Waals surface area contributed by atoms with Gasteiger partial charge in [-0.25, -0.2) is 0 Å². The Morgan fingerprint density at radius 1 is 1.09 bits per heavy atom. The lowest BCUT2D eigenvalue weighted by molar-refractivity contribution is -0.121. The number of carbonyl (C=O) groups is 2. The summed E-state index contributed by atoms with van der Waals surface area (Å²) >= 11 is 0. The molecule has 2 N–H and O–H groups in total. The molecule has 1 fully saturated rings. The molecule has 1 saturated carbocycles. The van der Waals surface area contributed by atoms with Crippen LogP contribution in [-0.4, -0.2) is 24.4 Å². The Bertz CT molecular complexity index is 537. The van der Waals surface area contributed by atoms with Gasteiger partial charge in [-0.3, -0.25) is 9.59 Å². The first-order valence-corrected chi connectivity index (χ1v) is 8.54. The fraction of sp³-hybridized carbons (Fsp3) is 0.579. The van der Waals surface area contributed by atoms with E-state index < -0.39 is 0 Å². The van der Waals surface area contributed by atoms with Crippen LogP contribution in [0.3, 0.4) is 0 Å². The van der Waals surface area contributed by atoms with Crippen LogP contribution in [0.4, 0.5) is 0 Å². The van der Waals surface area contributed by atoms with Crippen molar-refractivity contribution in [2.45, 2.75) is 64.3 Å². The van der Waals surface area contributed by atoms with Crippen LogP contribution < -0.4 is 10.6 Å². The van der Waals surface area contributed by atoms with Crippen LogP contribution in [0.15, 0.2) is 24.3 Å². The number of carbonyl (C=O) groups excluding carboxylic acids is 2. The highest BCUT2D eigenvalue weighted by atomic mass is 16.2. The third kappa shape index (κ3) is 5.38. The zero-order chi connectivity index (χ0) is 16.9. The highest BCUT2D eigenvalue weighted by molar-refractivity contribution is 5.94. The third-order valence-electron chi connectivity index (χ3n) is 4.37. The molecule has 0 aromatic heterocycles. The standard InChI is InChI=1S/C19H28N2O2/c1-19(2,3)15-10-8-14(9-11-15)18(23)20-13-12-17(22)21-16-6-4-5-7-16/h8-11,16H,4-7,12-13H2,1-3H3,(H,20,23)(H,21,22). The lowest BCUT2D eigenvalue weighted by Crippen LogP contribution is -2.35. The minimum absolute atomic E-state index is 0.0280. The third-order valence-corrected chi connectivity index (χ3v) is 4.37. The predicted molar refractivity (Wildman–Crippen MR) is 92.5 cm³/mol. The van der Waals surface area contributed by atoms with Gasteiger partial charge in [0.2, 0.25) is 5.91 Å². The summed E-state index contributed by atoms with van der Waals surface area (Å²) in [4.78, 5) is 23.9. The van der Waals surface area contributed by atoms with E-state index in [0.29, 0.717) is 24.6 Å². The van der Waals surface area contributed by atoms with Crippen molar-refractivity contribution in [2.75, 3.05) is 6.54 Å². The van der Waals surface area contributed by atoms with Crippen molar-refractivity contribution in [3.8, 4) is 0 Å². The van der Waals surface area contributed by atoms with Gasteiger partial charge in [0.15, 0.2) is 0 Å². The molecule has 2 rings (SSSR count). The summed E-state index contributed by atoms with van der Waals surface area (Å²) < 4.78 is 0. The molecule has 0 saturated heterocycles. The number of rotatable bonds is 5. The number of nitrogens with one attached hydrogen (secondary N) is 2. The number of hydrogen-bond donors (Lipinski definition) is 2. The van der Waals surface area contributed by atoms with Crippen molar-refractivity contribution in [2.24, 2.45) is 0 Å². The molecule has 0 radical (unpaired) electrons. The predicted octanol–water partition coefficient (Wildman–Crippen LogP) is 3.16. The highest BCUT2D eigenvalue weighted by Crippen LogP contribution is 2.22. The highest BCUT2D eigenvalue weighted by Gasteiger charge is 2.17. The van der Waals surface area contributed by atoms with Gasteiger partial charge in [0.25, 0.3) is 5.91 Å². The van der Waals surface area contributed by atoms with E-state index in [1.165, 1.54) is 18.4 Å². The smallest absolute Gasteiger partial charge is 0.251 e. The van der Waals surface area contributed by atoms with E-state index >= 15 is 0 Å². The summed E-state index contributed by atoms with van der Waals surface area (Å²) in [5.41, 5.74) is 1.91. The second-order valence-electron chi connectivity index (χ2n) is 7.38. The van der Waals surface area contributed by atoms with Crippen molar-refractivity contribution in [3.63, 3.8) is 0 Å². The van der Waals surface area contributed by atoms with Crippen LogP contribution in [0, 0.1) is 0 Å². The SMILES string of the molecule is CC(C)(C)c1ccc(C(=O)NCCC(=O)NC2CCCC2)cc1. The maximum Gasteiger partial charge on any atom is 0.251 e. The van der Waals surface area contributed by atoms with Gasteiger partial charge in [0, 0.05) is 24.6 Å². The Balaban J connectivity index is 1.75. The molecule has 4 nitrogen and oxygen atoms in total. The molecule has 0 atom stereocenters. The van der Waals surface area contributed by atoms with E-state index in [-0.39, 0.29) is 17.2 Å². The summed E-state index contributed by atoms with van der Waals surface area (Å²) in [5.74, 6) is -0.0978. The van der Waals surface area contributed by atoms with E-state index in [1.807, 2.05) is 24.3 Å². The first-order chi connectivity index (χ1) is 10.9. The van der Waals surface area contributed by atoms with Crippen molar-refractivity contribution in [3.05, 3.63) is 35.4 Å². The minimum Gasteiger partial charge on any atom is -0.353 e. The normalized spacial score (nSPS) is 15.4. The maximum absolute atomic E-state index is 12.1. The van der Waals surface area contributed by atoms with E-state index in [1.54, 1.807) is 0 Å². The van der Waals surface area contributed by atoms with Gasteiger partial charge in [-0.05, 0) is 36.0 Å². The molecule has 23 heavy (non-hydrogen) atoms. The summed E-state index contributed by atoms with van der Waals surface area (Å²) in [6.45, 7) is 6.81. The van der Waals surface area contributed by atoms with E-state index in [0.717, 1.165) is 12.8 Å². The quantitative estimate of drug-likeness (QED) is 0.876. The summed E-state index contributed by atoms with van der Waals surface area (Å²) in [5, 5.41) is 5.84. The van der Waals surface area contributed by atoms with Gasteiger partial charge in [-0.15, -0.1) is 0 Å². The van der Waals surface area contributed by atoms with Gasteiger partial charge in [0.05, 0.1) is 0 Å². The second kappa shape index (κ2) is 7.62. The van der Waals surface area contributed by atoms with E-state index in [9.17, 15) is 9.59 Å². The summed E-state index contributed by atoms with van der Waals surface area (Å²) in [7, 11) is 0. The molecule has 126 valence electrons. The van der Waals surface area contributed by atoms with Crippen molar-refractivity contribution in [1.29, 1.82) is 0 Å². The molecule has 1 aliphatic carbocycles. The fourth-order valence-electron chi connectivity index (χ4n) is 2.88. The van der Waals surface area contributed by atoms with Crippen molar-refractivity contribution < 1.29 is 9.59 Å². The van der Waals surface area contributed by atoms with Crippen LogP contribution in [-0.2, 0) is 10.2 Å². The summed E-state index contributed by atoms with van der Waals surface area (Å²) in [6, 6.07) is 8.00. The van der Waals surface area contributed by atoms with Crippen molar-refractivity contribution >= 4 is 11.8 Å². The monoisotopic (exact) mass is 316 g/mol. The van der Waals surface area contributed by atoms with E-state index in [2.05, 4.69) is 31.4 Å². The Kier molecular flexibility index (Phi) is 5.80. The molecule has 0 bridgehead atoms. The molecule has 0 aliphatic heterocycles. The maximum atomic E-state index is 12.1. The first-order valence-electron chi connectivity index (χ1n) is 8.54. The minimum atomic E-state index is -0.126. The van der Waals surface area contributed by atoms with Gasteiger partial charge < -0.3 is 10.6 Å². The lowest BCUT2D eigenvalue weighted by atomic mass is 9.87. The zero-order valence-corrected chi connectivity index (χ0v) is 14.4. The Labute approximate surface area is 139 Å². The molecular formula is C19H28N2O2. The molecule has 2 amide bonds. The zero-order valence-electron chi connectivity index (χ0n) is 14.4. The van der Waals surface area contributed by atoms with Gasteiger partial charge in [0.1, 0.15) is 0 Å². The van der Waals surface area contributed by atoms with E-state index in [4.69, 9.17) is 0 Å². The average Bonchev–Trinajstić information content (AvgIpc) is 2.99. The fourth-order valence-corrected chi connectivity index (χ4v) is 2.88. The van der Waals surface area contributed by atoms with Gasteiger partial charge >= 0.3 is 0 Å². The van der Waals surface area contributed by atoms with Gasteiger partial charge in [-0.1, -0.05) is 45.7 Å². The largest absolute Gasteiger partial charge is 0.353 e. The van der Waals surface area contributed by atoms with Crippen molar-refractivity contribution in [1.82, 2.24) is 10.6 Å². The number of hydrogen-bond acceptors (Lipinski definition) is 2. The summed E-state index contributed by atoms with van der Waals surface area (Å²) in [6.07, 6.45) is 4.90. The molecule has 0 heterocycles. The Morgan fingerprint density at radius 3 is 2.26 bits per heavy atom. The molecule has 1 aromatic rings. The first kappa shape index (κ1) is 17.5. The molecule has 1 aromatic carbocycles. The van der Waals surface area contributed by atoms with Crippen LogP contribution in [0.1, 0.15) is 68.8 Å². The molecule has 0 unspecified atom stereocenters. The number of amides is 2. The van der Waals surface area contributed by atoms with Crippen LogP contribution >= 0.6 is 0 Å². The Hall–Kier alpha value is -1.84. The average molecular weight is 316 g/mol. The lowest BCUT2D eigenvalue weighted by Gasteiger charge is -2.19. The number of benzene rings is 1. The second-order valence-corrected chi connectivity index (χ2v) is 7.38. The molecular weight excluding hydrogens is 288 g/mol.